The van der Waals surface area contributed by atoms with Gasteiger partial charge < -0.3 is 25.6 Å². The first kappa shape index (κ1) is 15.9. The van der Waals surface area contributed by atoms with Gasteiger partial charge in [0.25, 0.3) is 0 Å². The molecule has 1 unspecified atom stereocenters. The molecule has 0 saturated carbocycles. The van der Waals surface area contributed by atoms with Crippen molar-refractivity contribution in [1.82, 2.24) is 15.1 Å². The SMILES string of the molecule is COCCn1cc(NC(=O)NC(CCO)C(=O)O)cn1. The second kappa shape index (κ2) is 8.12. The summed E-state index contributed by atoms with van der Waals surface area (Å²) in [5, 5.41) is 26.3. The van der Waals surface area contributed by atoms with E-state index >= 15 is 0 Å². The number of nitrogens with zero attached hydrogens (tertiary/aromatic N) is 2. The number of amides is 2. The van der Waals surface area contributed by atoms with Gasteiger partial charge in [0.05, 0.1) is 25.0 Å². The van der Waals surface area contributed by atoms with Crippen molar-refractivity contribution in [2.45, 2.75) is 19.0 Å². The van der Waals surface area contributed by atoms with E-state index in [0.29, 0.717) is 18.8 Å². The minimum atomic E-state index is -1.20. The van der Waals surface area contributed by atoms with E-state index in [1.807, 2.05) is 0 Å². The third-order valence-electron chi connectivity index (χ3n) is 2.44. The second-order valence-electron chi connectivity index (χ2n) is 3.99. The molecule has 0 bridgehead atoms. The van der Waals surface area contributed by atoms with Gasteiger partial charge in [-0.05, 0) is 0 Å². The fourth-order valence-electron chi connectivity index (χ4n) is 1.45. The maximum atomic E-state index is 11.6. The molecule has 9 nitrogen and oxygen atoms in total. The number of carboxylic acid groups (broad SMARTS) is 1. The third kappa shape index (κ3) is 5.24. The Labute approximate surface area is 115 Å². The van der Waals surface area contributed by atoms with E-state index in [2.05, 4.69) is 15.7 Å². The smallest absolute Gasteiger partial charge is 0.326 e. The maximum Gasteiger partial charge on any atom is 0.326 e. The van der Waals surface area contributed by atoms with Crippen molar-refractivity contribution in [3.8, 4) is 0 Å². The van der Waals surface area contributed by atoms with E-state index in [0.717, 1.165) is 0 Å². The number of rotatable bonds is 8. The average molecular weight is 286 g/mol. The highest BCUT2D eigenvalue weighted by Gasteiger charge is 2.19. The lowest BCUT2D eigenvalue weighted by atomic mass is 10.2. The Morgan fingerprint density at radius 2 is 2.30 bits per heavy atom. The van der Waals surface area contributed by atoms with Crippen molar-refractivity contribution < 1.29 is 24.5 Å². The molecule has 112 valence electrons. The fraction of sp³-hybridized carbons (Fsp3) is 0.545. The number of aliphatic hydroxyl groups excluding tert-OH is 1. The van der Waals surface area contributed by atoms with E-state index in [1.54, 1.807) is 18.0 Å². The number of carbonyl (C=O) groups excluding carboxylic acids is 1. The zero-order valence-electron chi connectivity index (χ0n) is 11.1. The Hall–Kier alpha value is -2.13. The Morgan fingerprint density at radius 1 is 1.55 bits per heavy atom. The standard InChI is InChI=1S/C11H18N4O5/c1-20-5-3-15-7-8(6-12-15)13-11(19)14-9(2-4-16)10(17)18/h6-7,9,16H,2-5H2,1H3,(H,17,18)(H2,13,14,19). The average Bonchev–Trinajstić information content (AvgIpc) is 2.83. The van der Waals surface area contributed by atoms with Crippen molar-refractivity contribution >= 4 is 17.7 Å². The second-order valence-corrected chi connectivity index (χ2v) is 3.99. The van der Waals surface area contributed by atoms with Gasteiger partial charge in [-0.2, -0.15) is 5.10 Å². The molecule has 0 spiro atoms. The number of aromatic nitrogens is 2. The molecule has 20 heavy (non-hydrogen) atoms. The molecule has 0 aliphatic carbocycles. The first-order chi connectivity index (χ1) is 9.56. The summed E-state index contributed by atoms with van der Waals surface area (Å²) in [5.41, 5.74) is 0.437. The largest absolute Gasteiger partial charge is 0.480 e. The lowest BCUT2D eigenvalue weighted by Crippen LogP contribution is -2.43. The first-order valence-electron chi connectivity index (χ1n) is 5.99. The molecular formula is C11H18N4O5. The van der Waals surface area contributed by atoms with Crippen LogP contribution in [0.5, 0.6) is 0 Å². The zero-order chi connectivity index (χ0) is 15.0. The number of hydrogen-bond acceptors (Lipinski definition) is 5. The van der Waals surface area contributed by atoms with Crippen LogP contribution in [0.15, 0.2) is 12.4 Å². The highest BCUT2D eigenvalue weighted by atomic mass is 16.5. The van der Waals surface area contributed by atoms with Gasteiger partial charge in [0, 0.05) is 26.3 Å². The molecule has 1 aromatic heterocycles. The van der Waals surface area contributed by atoms with E-state index in [4.69, 9.17) is 14.9 Å². The van der Waals surface area contributed by atoms with Gasteiger partial charge in [-0.3, -0.25) is 4.68 Å². The highest BCUT2D eigenvalue weighted by molar-refractivity contribution is 5.91. The van der Waals surface area contributed by atoms with Gasteiger partial charge in [0.1, 0.15) is 6.04 Å². The summed E-state index contributed by atoms with van der Waals surface area (Å²) in [5.74, 6) is -1.20. The van der Waals surface area contributed by atoms with Crippen LogP contribution in [0, 0.1) is 0 Å². The monoisotopic (exact) mass is 286 g/mol. The molecule has 0 radical (unpaired) electrons. The van der Waals surface area contributed by atoms with Crippen LogP contribution in [0.1, 0.15) is 6.42 Å². The van der Waals surface area contributed by atoms with Gasteiger partial charge >= 0.3 is 12.0 Å². The Kier molecular flexibility index (Phi) is 6.47. The number of urea groups is 1. The molecule has 2 amide bonds. The first-order valence-corrected chi connectivity index (χ1v) is 5.99. The van der Waals surface area contributed by atoms with Gasteiger partial charge in [-0.15, -0.1) is 0 Å². The minimum absolute atomic E-state index is 0.0597. The van der Waals surface area contributed by atoms with Crippen molar-refractivity contribution in [3.05, 3.63) is 12.4 Å². The van der Waals surface area contributed by atoms with Crippen LogP contribution >= 0.6 is 0 Å². The summed E-state index contributed by atoms with van der Waals surface area (Å²) >= 11 is 0. The van der Waals surface area contributed by atoms with Crippen LogP contribution in [0.3, 0.4) is 0 Å². The highest BCUT2D eigenvalue weighted by Crippen LogP contribution is 2.04. The molecule has 0 fully saturated rings. The summed E-state index contributed by atoms with van der Waals surface area (Å²) in [6, 6.07) is -1.80. The van der Waals surface area contributed by atoms with Gasteiger partial charge in [0.15, 0.2) is 0 Å². The van der Waals surface area contributed by atoms with Crippen LogP contribution in [0.25, 0.3) is 0 Å². The molecule has 0 saturated heterocycles. The molecule has 1 heterocycles. The maximum absolute atomic E-state index is 11.6. The molecule has 1 rings (SSSR count). The molecule has 9 heteroatoms. The number of ether oxygens (including phenoxy) is 1. The zero-order valence-corrected chi connectivity index (χ0v) is 11.1. The van der Waals surface area contributed by atoms with E-state index in [-0.39, 0.29) is 13.0 Å². The summed E-state index contributed by atoms with van der Waals surface area (Å²) in [6.07, 6.45) is 2.98. The number of hydrogen-bond donors (Lipinski definition) is 4. The number of aliphatic hydroxyl groups is 1. The Bertz CT molecular complexity index is 448. The summed E-state index contributed by atoms with van der Waals surface area (Å²) in [4.78, 5) is 22.4. The van der Waals surface area contributed by atoms with Crippen LogP contribution in [-0.2, 0) is 16.1 Å². The topological polar surface area (TPSA) is 126 Å². The van der Waals surface area contributed by atoms with Gasteiger partial charge in [0.2, 0.25) is 0 Å². The summed E-state index contributed by atoms with van der Waals surface area (Å²) < 4.78 is 6.48. The van der Waals surface area contributed by atoms with Crippen molar-refractivity contribution in [2.75, 3.05) is 25.6 Å². The van der Waals surface area contributed by atoms with Crippen LogP contribution in [0.4, 0.5) is 10.5 Å². The molecule has 0 aromatic carbocycles. The quantitative estimate of drug-likeness (QED) is 0.510. The molecule has 4 N–H and O–H groups in total. The Morgan fingerprint density at radius 3 is 2.90 bits per heavy atom. The van der Waals surface area contributed by atoms with Crippen LogP contribution in [-0.4, -0.2) is 58.4 Å². The molecule has 1 aromatic rings. The fourth-order valence-corrected chi connectivity index (χ4v) is 1.45. The van der Waals surface area contributed by atoms with Gasteiger partial charge in [-0.25, -0.2) is 9.59 Å². The predicted octanol–water partition coefficient (Wildman–Crippen LogP) is -0.513. The summed E-state index contributed by atoms with van der Waals surface area (Å²) in [6.45, 7) is 0.708. The number of aliphatic carboxylic acids is 1. The van der Waals surface area contributed by atoms with E-state index in [9.17, 15) is 9.59 Å². The molecule has 1 atom stereocenters. The number of carboxylic acids is 1. The number of methoxy groups -OCH3 is 1. The molecule has 0 aliphatic rings. The lowest BCUT2D eigenvalue weighted by molar-refractivity contribution is -0.139. The summed E-state index contributed by atoms with van der Waals surface area (Å²) in [7, 11) is 1.57. The molecular weight excluding hydrogens is 268 g/mol. The number of anilines is 1. The van der Waals surface area contributed by atoms with Crippen molar-refractivity contribution in [1.29, 1.82) is 0 Å². The Balaban J connectivity index is 2.48. The van der Waals surface area contributed by atoms with Crippen LogP contribution in [0.2, 0.25) is 0 Å². The lowest BCUT2D eigenvalue weighted by Gasteiger charge is -2.13. The van der Waals surface area contributed by atoms with Crippen molar-refractivity contribution in [2.24, 2.45) is 0 Å². The normalized spacial score (nSPS) is 11.9. The van der Waals surface area contributed by atoms with Gasteiger partial charge in [-0.1, -0.05) is 0 Å². The van der Waals surface area contributed by atoms with Crippen molar-refractivity contribution in [3.63, 3.8) is 0 Å². The van der Waals surface area contributed by atoms with Crippen LogP contribution < -0.4 is 10.6 Å². The van der Waals surface area contributed by atoms with E-state index < -0.39 is 18.0 Å². The minimum Gasteiger partial charge on any atom is -0.480 e. The molecule has 0 aliphatic heterocycles. The number of nitrogens with one attached hydrogen (secondary N) is 2. The van der Waals surface area contributed by atoms with E-state index in [1.165, 1.54) is 6.20 Å². The third-order valence-corrected chi connectivity index (χ3v) is 2.44. The number of carbonyl (C=O) groups is 2. The predicted molar refractivity (Wildman–Crippen MR) is 69.4 cm³/mol.